The second kappa shape index (κ2) is 6.84. The van der Waals surface area contributed by atoms with E-state index in [2.05, 4.69) is 0 Å². The molecule has 0 saturated carbocycles. The average molecular weight is 341 g/mol. The molecular weight excluding hydrogens is 322 g/mol. The summed E-state index contributed by atoms with van der Waals surface area (Å²) >= 11 is 0. The number of aliphatic hydroxyl groups is 1. The van der Waals surface area contributed by atoms with Crippen LogP contribution in [-0.4, -0.2) is 28.8 Å². The number of rotatable bonds is 6. The summed E-state index contributed by atoms with van der Waals surface area (Å²) in [6.07, 6.45) is 1.70. The average Bonchev–Trinajstić information content (AvgIpc) is 3.23. The van der Waals surface area contributed by atoms with Crippen LogP contribution in [0.15, 0.2) is 58.4 Å². The van der Waals surface area contributed by atoms with Crippen LogP contribution in [0, 0.1) is 0 Å². The molecule has 2 heterocycles. The Kier molecular flexibility index (Phi) is 4.61. The van der Waals surface area contributed by atoms with Gasteiger partial charge in [0.25, 0.3) is 5.91 Å². The first-order valence-corrected chi connectivity index (χ1v) is 8.01. The summed E-state index contributed by atoms with van der Waals surface area (Å²) < 4.78 is 10.7. The topological polar surface area (TPSA) is 80.0 Å². The minimum atomic E-state index is -0.721. The number of benzene rings is 1. The fourth-order valence-electron chi connectivity index (χ4n) is 3.08. The lowest BCUT2D eigenvalue weighted by atomic mass is 9.94. The molecule has 1 aromatic heterocycles. The number of ether oxygens (including phenoxy) is 1. The number of carbonyl (C=O) groups excluding carboxylic acids is 2. The summed E-state index contributed by atoms with van der Waals surface area (Å²) in [5, 5.41) is 10.3. The van der Waals surface area contributed by atoms with E-state index in [4.69, 9.17) is 9.15 Å². The van der Waals surface area contributed by atoms with Crippen LogP contribution in [0.2, 0.25) is 0 Å². The Balaban J connectivity index is 2.11. The molecule has 25 heavy (non-hydrogen) atoms. The Bertz CT molecular complexity index is 822. The Morgan fingerprint density at radius 3 is 2.68 bits per heavy atom. The molecule has 1 aliphatic rings. The van der Waals surface area contributed by atoms with Crippen molar-refractivity contribution in [2.45, 2.75) is 25.9 Å². The maximum Gasteiger partial charge on any atom is 0.290 e. The zero-order chi connectivity index (χ0) is 18.0. The Morgan fingerprint density at radius 1 is 1.28 bits per heavy atom. The van der Waals surface area contributed by atoms with E-state index in [0.29, 0.717) is 17.1 Å². The van der Waals surface area contributed by atoms with Crippen LogP contribution in [-0.2, 0) is 16.1 Å². The van der Waals surface area contributed by atoms with E-state index >= 15 is 0 Å². The van der Waals surface area contributed by atoms with Crippen molar-refractivity contribution in [3.63, 3.8) is 0 Å². The fraction of sp³-hybridized carbons (Fsp3) is 0.263. The first kappa shape index (κ1) is 16.8. The van der Waals surface area contributed by atoms with Gasteiger partial charge in [-0.1, -0.05) is 25.1 Å². The second-order valence-electron chi connectivity index (χ2n) is 5.70. The van der Waals surface area contributed by atoms with Gasteiger partial charge >= 0.3 is 0 Å². The van der Waals surface area contributed by atoms with E-state index < -0.39 is 17.7 Å². The number of Topliss-reactive ketones (excluding diaryl/α,β-unsaturated/α-hetero) is 1. The maximum absolute atomic E-state index is 12.6. The lowest BCUT2D eigenvalue weighted by Crippen LogP contribution is -2.30. The molecule has 130 valence electrons. The molecule has 0 aliphatic carbocycles. The Labute approximate surface area is 145 Å². The van der Waals surface area contributed by atoms with Gasteiger partial charge < -0.3 is 19.2 Å². The molecule has 1 N–H and O–H groups in total. The van der Waals surface area contributed by atoms with Gasteiger partial charge in [0.15, 0.2) is 11.5 Å². The van der Waals surface area contributed by atoms with Crippen LogP contribution >= 0.6 is 0 Å². The molecule has 0 bridgehead atoms. The minimum absolute atomic E-state index is 0.101. The highest BCUT2D eigenvalue weighted by Crippen LogP contribution is 2.42. The molecular formula is C19H19NO5. The SMILES string of the molecule is CCC(=O)C1=C(O)C(=O)N(Cc2ccco2)C1c1ccccc1OC. The largest absolute Gasteiger partial charge is 0.503 e. The van der Waals surface area contributed by atoms with Crippen LogP contribution < -0.4 is 4.74 Å². The first-order valence-electron chi connectivity index (χ1n) is 8.01. The number of hydrogen-bond acceptors (Lipinski definition) is 5. The van der Waals surface area contributed by atoms with E-state index in [9.17, 15) is 14.7 Å². The predicted octanol–water partition coefficient (Wildman–Crippen LogP) is 3.16. The van der Waals surface area contributed by atoms with Gasteiger partial charge in [0.05, 0.1) is 31.5 Å². The normalized spacial score (nSPS) is 17.3. The Hall–Kier alpha value is -3.02. The molecule has 6 nitrogen and oxygen atoms in total. The van der Waals surface area contributed by atoms with Crippen molar-refractivity contribution >= 4 is 11.7 Å². The van der Waals surface area contributed by atoms with Gasteiger partial charge in [-0.15, -0.1) is 0 Å². The second-order valence-corrected chi connectivity index (χ2v) is 5.70. The minimum Gasteiger partial charge on any atom is -0.503 e. The van der Waals surface area contributed by atoms with Crippen molar-refractivity contribution in [3.8, 4) is 5.75 Å². The summed E-state index contributed by atoms with van der Waals surface area (Å²) in [5.74, 6) is -0.269. The number of hydrogen-bond donors (Lipinski definition) is 1. The number of carbonyl (C=O) groups is 2. The van der Waals surface area contributed by atoms with Crippen molar-refractivity contribution in [3.05, 3.63) is 65.3 Å². The lowest BCUT2D eigenvalue weighted by molar-refractivity contribution is -0.130. The predicted molar refractivity (Wildman–Crippen MR) is 89.9 cm³/mol. The van der Waals surface area contributed by atoms with Crippen LogP contribution in [0.4, 0.5) is 0 Å². The summed E-state index contributed by atoms with van der Waals surface area (Å²) in [7, 11) is 1.53. The molecule has 0 spiro atoms. The highest BCUT2D eigenvalue weighted by atomic mass is 16.5. The molecule has 0 radical (unpaired) electrons. The number of para-hydroxylation sites is 1. The molecule has 3 rings (SSSR count). The van der Waals surface area contributed by atoms with Gasteiger partial charge in [0, 0.05) is 12.0 Å². The summed E-state index contributed by atoms with van der Waals surface area (Å²) in [6.45, 7) is 1.83. The fourth-order valence-corrected chi connectivity index (χ4v) is 3.08. The third-order valence-electron chi connectivity index (χ3n) is 4.26. The standard InChI is InChI=1S/C19H19NO5/c1-3-14(21)16-17(13-8-4-5-9-15(13)24-2)20(19(23)18(16)22)11-12-7-6-10-25-12/h4-10,17,22H,3,11H2,1-2H3. The van der Waals surface area contributed by atoms with Gasteiger partial charge in [0.2, 0.25) is 0 Å². The molecule has 1 aliphatic heterocycles. The van der Waals surface area contributed by atoms with Crippen molar-refractivity contribution in [1.82, 2.24) is 4.90 Å². The van der Waals surface area contributed by atoms with E-state index in [1.54, 1.807) is 43.3 Å². The summed E-state index contributed by atoms with van der Waals surface area (Å²) in [6, 6.07) is 9.89. The third kappa shape index (κ3) is 2.91. The highest BCUT2D eigenvalue weighted by molar-refractivity contribution is 6.08. The highest BCUT2D eigenvalue weighted by Gasteiger charge is 2.44. The van der Waals surface area contributed by atoms with Crippen LogP contribution in [0.25, 0.3) is 0 Å². The van der Waals surface area contributed by atoms with E-state index in [1.165, 1.54) is 18.3 Å². The summed E-state index contributed by atoms with van der Waals surface area (Å²) in [4.78, 5) is 26.5. The lowest BCUT2D eigenvalue weighted by Gasteiger charge is -2.27. The molecule has 0 fully saturated rings. The zero-order valence-corrected chi connectivity index (χ0v) is 14.1. The van der Waals surface area contributed by atoms with Crippen LogP contribution in [0.5, 0.6) is 5.75 Å². The van der Waals surface area contributed by atoms with Gasteiger partial charge in [-0.3, -0.25) is 9.59 Å². The quantitative estimate of drug-likeness (QED) is 0.873. The number of methoxy groups -OCH3 is 1. The van der Waals surface area contributed by atoms with Crippen molar-refractivity contribution in [1.29, 1.82) is 0 Å². The van der Waals surface area contributed by atoms with Crippen LogP contribution in [0.3, 0.4) is 0 Å². The van der Waals surface area contributed by atoms with E-state index in [-0.39, 0.29) is 24.3 Å². The number of amides is 1. The van der Waals surface area contributed by atoms with Gasteiger partial charge in [0.1, 0.15) is 11.5 Å². The zero-order valence-electron chi connectivity index (χ0n) is 14.1. The van der Waals surface area contributed by atoms with Gasteiger partial charge in [-0.25, -0.2) is 0 Å². The number of furan rings is 1. The van der Waals surface area contributed by atoms with Crippen LogP contribution in [0.1, 0.15) is 30.7 Å². The van der Waals surface area contributed by atoms with Crippen molar-refractivity contribution in [2.24, 2.45) is 0 Å². The smallest absolute Gasteiger partial charge is 0.290 e. The van der Waals surface area contributed by atoms with Gasteiger partial charge in [-0.2, -0.15) is 0 Å². The molecule has 2 aromatic rings. The molecule has 1 aromatic carbocycles. The number of ketones is 1. The molecule has 6 heteroatoms. The van der Waals surface area contributed by atoms with Crippen molar-refractivity contribution < 1.29 is 23.8 Å². The molecule has 0 saturated heterocycles. The number of aliphatic hydroxyl groups excluding tert-OH is 1. The Morgan fingerprint density at radius 2 is 2.04 bits per heavy atom. The molecule has 1 amide bonds. The third-order valence-corrected chi connectivity index (χ3v) is 4.26. The maximum atomic E-state index is 12.6. The summed E-state index contributed by atoms with van der Waals surface area (Å²) in [5.41, 5.74) is 0.745. The monoisotopic (exact) mass is 341 g/mol. The molecule has 1 unspecified atom stereocenters. The van der Waals surface area contributed by atoms with Crippen molar-refractivity contribution in [2.75, 3.05) is 7.11 Å². The van der Waals surface area contributed by atoms with Gasteiger partial charge in [-0.05, 0) is 18.2 Å². The first-order chi connectivity index (χ1) is 12.1. The van der Waals surface area contributed by atoms with E-state index in [0.717, 1.165) is 0 Å². The van der Waals surface area contributed by atoms with E-state index in [1.807, 2.05) is 0 Å². The number of nitrogens with zero attached hydrogens (tertiary/aromatic N) is 1. The molecule has 1 atom stereocenters.